The smallest absolute Gasteiger partial charge is 0.165 e. The van der Waals surface area contributed by atoms with Gasteiger partial charge in [-0.3, -0.25) is 14.5 Å². The summed E-state index contributed by atoms with van der Waals surface area (Å²) in [6.45, 7) is 5.49. The van der Waals surface area contributed by atoms with Crippen molar-refractivity contribution in [1.82, 2.24) is 19.6 Å². The highest BCUT2D eigenvalue weighted by Gasteiger charge is 2.20. The van der Waals surface area contributed by atoms with Crippen molar-refractivity contribution in [3.63, 3.8) is 0 Å². The molecule has 0 saturated carbocycles. The van der Waals surface area contributed by atoms with Gasteiger partial charge in [-0.15, -0.1) is 0 Å². The second-order valence-corrected chi connectivity index (χ2v) is 6.43. The summed E-state index contributed by atoms with van der Waals surface area (Å²) in [5, 5.41) is 14.3. The molecule has 1 atom stereocenters. The van der Waals surface area contributed by atoms with Gasteiger partial charge in [0.25, 0.3) is 0 Å². The topological polar surface area (TPSA) is 53.8 Å². The fourth-order valence-electron chi connectivity index (χ4n) is 3.18. The summed E-state index contributed by atoms with van der Waals surface area (Å²) in [6.07, 6.45) is 3.14. The SMILES string of the molecule is COc1ccc(CN2CCN(C[C@H](O)Cn3cccn3)CC2)cc1F. The number of piperazine rings is 1. The van der Waals surface area contributed by atoms with E-state index in [9.17, 15) is 9.50 Å². The number of aliphatic hydroxyl groups excluding tert-OH is 1. The summed E-state index contributed by atoms with van der Waals surface area (Å²) < 4.78 is 20.5. The number of β-amino-alcohol motifs (C(OH)–C–C–N with tert-alkyl or cyclic N) is 1. The lowest BCUT2D eigenvalue weighted by Gasteiger charge is -2.35. The molecular weight excluding hydrogens is 323 g/mol. The minimum atomic E-state index is -0.429. The van der Waals surface area contributed by atoms with Crippen molar-refractivity contribution < 1.29 is 14.2 Å². The van der Waals surface area contributed by atoms with Crippen molar-refractivity contribution in [2.24, 2.45) is 0 Å². The van der Waals surface area contributed by atoms with Crippen LogP contribution in [0.3, 0.4) is 0 Å². The van der Waals surface area contributed by atoms with Gasteiger partial charge < -0.3 is 9.84 Å². The Morgan fingerprint density at radius 1 is 1.20 bits per heavy atom. The van der Waals surface area contributed by atoms with Gasteiger partial charge in [-0.1, -0.05) is 6.07 Å². The average molecular weight is 348 g/mol. The molecule has 0 spiro atoms. The minimum absolute atomic E-state index is 0.278. The van der Waals surface area contributed by atoms with Gasteiger partial charge in [0.15, 0.2) is 11.6 Å². The van der Waals surface area contributed by atoms with Gasteiger partial charge >= 0.3 is 0 Å². The number of hydrogen-bond acceptors (Lipinski definition) is 5. The van der Waals surface area contributed by atoms with Gasteiger partial charge in [0.05, 0.1) is 19.8 Å². The summed E-state index contributed by atoms with van der Waals surface area (Å²) in [4.78, 5) is 4.57. The van der Waals surface area contributed by atoms with E-state index in [4.69, 9.17) is 4.74 Å². The van der Waals surface area contributed by atoms with E-state index in [2.05, 4.69) is 14.9 Å². The highest BCUT2D eigenvalue weighted by atomic mass is 19.1. The van der Waals surface area contributed by atoms with Crippen LogP contribution in [0.15, 0.2) is 36.7 Å². The summed E-state index contributed by atoms with van der Waals surface area (Å²) in [5.41, 5.74) is 0.950. The molecule has 6 nitrogen and oxygen atoms in total. The normalized spacial score (nSPS) is 17.6. The van der Waals surface area contributed by atoms with Crippen molar-refractivity contribution in [2.45, 2.75) is 19.2 Å². The molecule has 2 heterocycles. The van der Waals surface area contributed by atoms with E-state index in [1.54, 1.807) is 23.0 Å². The number of ether oxygens (including phenoxy) is 1. The number of hydrogen-bond donors (Lipinski definition) is 1. The zero-order valence-electron chi connectivity index (χ0n) is 14.5. The monoisotopic (exact) mass is 348 g/mol. The molecular formula is C18H25FN4O2. The van der Waals surface area contributed by atoms with E-state index >= 15 is 0 Å². The van der Waals surface area contributed by atoms with Crippen LogP contribution >= 0.6 is 0 Å². The predicted octanol–water partition coefficient (Wildman–Crippen LogP) is 1.21. The number of aromatic nitrogens is 2. The molecule has 1 saturated heterocycles. The maximum Gasteiger partial charge on any atom is 0.165 e. The molecule has 0 bridgehead atoms. The number of nitrogens with zero attached hydrogens (tertiary/aromatic N) is 4. The third-order valence-electron chi connectivity index (χ3n) is 4.51. The summed E-state index contributed by atoms with van der Waals surface area (Å²) in [6, 6.07) is 6.97. The summed E-state index contributed by atoms with van der Waals surface area (Å²) in [5.74, 6) is -0.0416. The fourth-order valence-corrected chi connectivity index (χ4v) is 3.18. The molecule has 25 heavy (non-hydrogen) atoms. The molecule has 7 heteroatoms. The van der Waals surface area contributed by atoms with Crippen LogP contribution in [0.4, 0.5) is 4.39 Å². The van der Waals surface area contributed by atoms with E-state index in [-0.39, 0.29) is 11.6 Å². The Hall–Kier alpha value is -1.96. The van der Waals surface area contributed by atoms with Gasteiger partial charge in [-0.05, 0) is 23.8 Å². The lowest BCUT2D eigenvalue weighted by Crippen LogP contribution is -2.48. The molecule has 1 aliphatic heterocycles. The Labute approximate surface area is 147 Å². The Balaban J connectivity index is 1.43. The summed E-state index contributed by atoms with van der Waals surface area (Å²) in [7, 11) is 1.47. The van der Waals surface area contributed by atoms with E-state index in [1.165, 1.54) is 7.11 Å². The largest absolute Gasteiger partial charge is 0.494 e. The summed E-state index contributed by atoms with van der Waals surface area (Å²) >= 11 is 0. The fraction of sp³-hybridized carbons (Fsp3) is 0.500. The Morgan fingerprint density at radius 3 is 2.60 bits per heavy atom. The van der Waals surface area contributed by atoms with Crippen molar-refractivity contribution in [1.29, 1.82) is 0 Å². The average Bonchev–Trinajstić information content (AvgIpc) is 3.10. The van der Waals surface area contributed by atoms with Crippen LogP contribution in [0.2, 0.25) is 0 Å². The van der Waals surface area contributed by atoms with Crippen molar-refractivity contribution in [2.75, 3.05) is 39.8 Å². The van der Waals surface area contributed by atoms with Gasteiger partial charge in [-0.25, -0.2) is 4.39 Å². The molecule has 0 radical (unpaired) electrons. The first kappa shape index (κ1) is 17.8. The van der Waals surface area contributed by atoms with Crippen LogP contribution in [0.25, 0.3) is 0 Å². The third-order valence-corrected chi connectivity index (χ3v) is 4.51. The number of halogens is 1. The van der Waals surface area contributed by atoms with E-state index < -0.39 is 6.10 Å². The second kappa shape index (κ2) is 8.42. The van der Waals surface area contributed by atoms with Crippen LogP contribution in [0.5, 0.6) is 5.75 Å². The second-order valence-electron chi connectivity index (χ2n) is 6.43. The maximum atomic E-state index is 13.8. The zero-order chi connectivity index (χ0) is 17.6. The van der Waals surface area contributed by atoms with Gasteiger partial charge in [0.2, 0.25) is 0 Å². The molecule has 0 unspecified atom stereocenters. The number of aliphatic hydroxyl groups is 1. The molecule has 1 fully saturated rings. The number of methoxy groups -OCH3 is 1. The molecule has 0 aliphatic carbocycles. The highest BCUT2D eigenvalue weighted by Crippen LogP contribution is 2.19. The first-order chi connectivity index (χ1) is 12.1. The Morgan fingerprint density at radius 2 is 1.96 bits per heavy atom. The van der Waals surface area contributed by atoms with E-state index in [0.29, 0.717) is 13.1 Å². The molecule has 3 rings (SSSR count). The first-order valence-electron chi connectivity index (χ1n) is 8.56. The maximum absolute atomic E-state index is 13.8. The molecule has 0 amide bonds. The lowest BCUT2D eigenvalue weighted by atomic mass is 10.1. The van der Waals surface area contributed by atoms with Crippen molar-refractivity contribution in [3.05, 3.63) is 48.0 Å². The first-order valence-corrected chi connectivity index (χ1v) is 8.56. The van der Waals surface area contributed by atoms with Gasteiger partial charge in [-0.2, -0.15) is 5.10 Å². The predicted molar refractivity (Wildman–Crippen MR) is 92.9 cm³/mol. The Kier molecular flexibility index (Phi) is 6.01. The van der Waals surface area contributed by atoms with Crippen molar-refractivity contribution in [3.8, 4) is 5.75 Å². The van der Waals surface area contributed by atoms with Gasteiger partial charge in [0.1, 0.15) is 0 Å². The standard InChI is InChI=1S/C18H25FN4O2/c1-25-18-4-3-15(11-17(18)19)12-21-7-9-22(10-8-21)13-16(24)14-23-6-2-5-20-23/h2-6,11,16,24H,7-10,12-14H2,1H3/t16-/m0/s1. The van der Waals surface area contributed by atoms with Crippen LogP contribution in [-0.4, -0.2) is 70.6 Å². The van der Waals surface area contributed by atoms with Crippen molar-refractivity contribution >= 4 is 0 Å². The van der Waals surface area contributed by atoms with E-state index in [1.807, 2.05) is 18.3 Å². The van der Waals surface area contributed by atoms with Gasteiger partial charge in [0, 0.05) is 51.7 Å². The number of rotatable bonds is 7. The van der Waals surface area contributed by atoms with Crippen LogP contribution in [-0.2, 0) is 13.1 Å². The molecule has 1 aromatic heterocycles. The molecule has 1 N–H and O–H groups in total. The number of benzene rings is 1. The van der Waals surface area contributed by atoms with Crippen LogP contribution < -0.4 is 4.74 Å². The third kappa shape index (κ3) is 5.01. The molecule has 1 aromatic carbocycles. The quantitative estimate of drug-likeness (QED) is 0.815. The Bertz CT molecular complexity index is 657. The zero-order valence-corrected chi connectivity index (χ0v) is 14.5. The minimum Gasteiger partial charge on any atom is -0.494 e. The molecule has 2 aromatic rings. The van der Waals surface area contributed by atoms with E-state index in [0.717, 1.165) is 38.3 Å². The lowest BCUT2D eigenvalue weighted by molar-refractivity contribution is 0.0605. The molecule has 136 valence electrons. The van der Waals surface area contributed by atoms with Crippen LogP contribution in [0, 0.1) is 5.82 Å². The molecule has 1 aliphatic rings. The highest BCUT2D eigenvalue weighted by molar-refractivity contribution is 5.29. The van der Waals surface area contributed by atoms with Crippen LogP contribution in [0.1, 0.15) is 5.56 Å².